The number of amides is 1. The van der Waals surface area contributed by atoms with E-state index in [4.69, 9.17) is 9.47 Å². The first-order valence-electron chi connectivity index (χ1n) is 9.53. The van der Waals surface area contributed by atoms with E-state index in [2.05, 4.69) is 27.0 Å². The first kappa shape index (κ1) is 22.6. The number of hydrogen-bond acceptors (Lipinski definition) is 4. The number of benzene rings is 1. The van der Waals surface area contributed by atoms with Gasteiger partial charge in [0, 0.05) is 32.6 Å². The summed E-state index contributed by atoms with van der Waals surface area (Å²) >= 11 is 0. The average molecular weight is 379 g/mol. The number of aliphatic imine (C=N–C) groups is 1. The van der Waals surface area contributed by atoms with Crippen LogP contribution in [0.4, 0.5) is 0 Å². The minimum atomic E-state index is 0.0394. The molecule has 0 spiro atoms. The van der Waals surface area contributed by atoms with Crippen molar-refractivity contribution in [1.29, 1.82) is 0 Å². The molecule has 0 atom stereocenters. The van der Waals surface area contributed by atoms with Gasteiger partial charge in [0.15, 0.2) is 17.5 Å². The van der Waals surface area contributed by atoms with Gasteiger partial charge in [-0.3, -0.25) is 9.79 Å². The Balaban J connectivity index is 2.33. The van der Waals surface area contributed by atoms with E-state index in [-0.39, 0.29) is 11.9 Å². The molecular formula is C20H34N4O3. The molecule has 0 saturated heterocycles. The number of rotatable bonds is 11. The number of methoxy groups -OCH3 is 1. The van der Waals surface area contributed by atoms with Gasteiger partial charge in [0.25, 0.3) is 0 Å². The molecule has 0 heterocycles. The third kappa shape index (κ3) is 9.17. The van der Waals surface area contributed by atoms with Gasteiger partial charge in [0.05, 0.1) is 13.7 Å². The Hall–Kier alpha value is -2.44. The molecule has 3 N–H and O–H groups in total. The number of nitrogens with one attached hydrogen (secondary N) is 3. The van der Waals surface area contributed by atoms with Crippen molar-refractivity contribution in [3.63, 3.8) is 0 Å². The maximum Gasteiger partial charge on any atom is 0.221 e. The van der Waals surface area contributed by atoms with Crippen molar-refractivity contribution in [3.8, 4) is 11.5 Å². The molecule has 0 saturated carbocycles. The Morgan fingerprint density at radius 1 is 1.19 bits per heavy atom. The second-order valence-corrected chi connectivity index (χ2v) is 6.42. The second kappa shape index (κ2) is 12.8. The lowest BCUT2D eigenvalue weighted by Gasteiger charge is -2.13. The Morgan fingerprint density at radius 3 is 2.56 bits per heavy atom. The fourth-order valence-electron chi connectivity index (χ4n) is 2.55. The molecule has 0 radical (unpaired) electrons. The monoisotopic (exact) mass is 378 g/mol. The van der Waals surface area contributed by atoms with Crippen molar-refractivity contribution >= 4 is 11.9 Å². The fraction of sp³-hybridized carbons (Fsp3) is 0.600. The normalized spacial score (nSPS) is 11.3. The average Bonchev–Trinajstić information content (AvgIpc) is 2.63. The van der Waals surface area contributed by atoms with Crippen molar-refractivity contribution in [3.05, 3.63) is 23.8 Å². The summed E-state index contributed by atoms with van der Waals surface area (Å²) in [4.78, 5) is 15.8. The van der Waals surface area contributed by atoms with Crippen LogP contribution in [0, 0.1) is 0 Å². The minimum absolute atomic E-state index is 0.0394. The zero-order chi connectivity index (χ0) is 20.1. The summed E-state index contributed by atoms with van der Waals surface area (Å²) in [7, 11) is 3.37. The molecule has 7 heteroatoms. The van der Waals surface area contributed by atoms with Gasteiger partial charge in [-0.05, 0) is 51.3 Å². The van der Waals surface area contributed by atoms with Gasteiger partial charge in [-0.25, -0.2) is 0 Å². The van der Waals surface area contributed by atoms with Gasteiger partial charge < -0.3 is 25.4 Å². The van der Waals surface area contributed by atoms with Crippen molar-refractivity contribution in [2.45, 2.75) is 46.1 Å². The number of carbonyl (C=O) groups is 1. The predicted molar refractivity (Wildman–Crippen MR) is 110 cm³/mol. The van der Waals surface area contributed by atoms with E-state index in [1.165, 1.54) is 5.56 Å². The summed E-state index contributed by atoms with van der Waals surface area (Å²) in [5.41, 5.74) is 1.20. The number of carbonyl (C=O) groups excluding carboxylic acids is 1. The van der Waals surface area contributed by atoms with Crippen LogP contribution in [0.15, 0.2) is 23.2 Å². The summed E-state index contributed by atoms with van der Waals surface area (Å²) in [5.74, 6) is 2.28. The molecule has 1 aromatic rings. The summed E-state index contributed by atoms with van der Waals surface area (Å²) in [5, 5.41) is 9.29. The zero-order valence-corrected chi connectivity index (χ0v) is 17.2. The number of hydrogen-bond donors (Lipinski definition) is 3. The maximum atomic E-state index is 11.6. The molecule has 0 aliphatic heterocycles. The molecule has 0 aliphatic rings. The Labute approximate surface area is 162 Å². The molecule has 1 aromatic carbocycles. The lowest BCUT2D eigenvalue weighted by atomic mass is 10.1. The third-order valence-electron chi connectivity index (χ3n) is 3.78. The summed E-state index contributed by atoms with van der Waals surface area (Å²) in [6, 6.07) is 6.19. The highest BCUT2D eigenvalue weighted by molar-refractivity contribution is 5.81. The summed E-state index contributed by atoms with van der Waals surface area (Å²) in [6.07, 6.45) is 2.29. The lowest BCUT2D eigenvalue weighted by Crippen LogP contribution is -2.40. The van der Waals surface area contributed by atoms with Crippen LogP contribution in [-0.4, -0.2) is 51.8 Å². The van der Waals surface area contributed by atoms with Crippen LogP contribution in [0.3, 0.4) is 0 Å². The Bertz CT molecular complexity index is 603. The standard InChI is InChI=1S/C20H34N4O3/c1-6-27-18-14-16(9-10-17(18)26-5)8-7-12-22-20(21-4)23-13-11-19(25)24-15(2)3/h9-10,14-15H,6-8,11-13H2,1-5H3,(H,24,25)(H2,21,22,23). The van der Waals surface area contributed by atoms with Gasteiger partial charge in [-0.1, -0.05) is 6.07 Å². The van der Waals surface area contributed by atoms with E-state index in [1.807, 2.05) is 32.9 Å². The molecule has 0 aromatic heterocycles. The minimum Gasteiger partial charge on any atom is -0.493 e. The highest BCUT2D eigenvalue weighted by Gasteiger charge is 2.06. The molecule has 0 aliphatic carbocycles. The van der Waals surface area contributed by atoms with E-state index < -0.39 is 0 Å². The topological polar surface area (TPSA) is 84.0 Å². The summed E-state index contributed by atoms with van der Waals surface area (Å²) < 4.78 is 10.9. The highest BCUT2D eigenvalue weighted by atomic mass is 16.5. The largest absolute Gasteiger partial charge is 0.493 e. The fourth-order valence-corrected chi connectivity index (χ4v) is 2.55. The van der Waals surface area contributed by atoms with E-state index in [0.717, 1.165) is 30.9 Å². The molecule has 152 valence electrons. The molecule has 0 bridgehead atoms. The predicted octanol–water partition coefficient (Wildman–Crippen LogP) is 2.11. The molecular weight excluding hydrogens is 344 g/mol. The molecule has 1 amide bonds. The smallest absolute Gasteiger partial charge is 0.221 e. The number of nitrogens with zero attached hydrogens (tertiary/aromatic N) is 1. The van der Waals surface area contributed by atoms with E-state index in [0.29, 0.717) is 25.5 Å². The van der Waals surface area contributed by atoms with E-state index in [9.17, 15) is 4.79 Å². The van der Waals surface area contributed by atoms with Gasteiger partial charge in [0.2, 0.25) is 5.91 Å². The van der Waals surface area contributed by atoms with Crippen LogP contribution in [0.25, 0.3) is 0 Å². The number of ether oxygens (including phenoxy) is 2. The SMILES string of the molecule is CCOc1cc(CCCNC(=NC)NCCC(=O)NC(C)C)ccc1OC. The maximum absolute atomic E-state index is 11.6. The van der Waals surface area contributed by atoms with Gasteiger partial charge in [-0.2, -0.15) is 0 Å². The second-order valence-electron chi connectivity index (χ2n) is 6.42. The van der Waals surface area contributed by atoms with Crippen LogP contribution >= 0.6 is 0 Å². The number of aryl methyl sites for hydroxylation is 1. The van der Waals surface area contributed by atoms with Gasteiger partial charge in [-0.15, -0.1) is 0 Å². The lowest BCUT2D eigenvalue weighted by molar-refractivity contribution is -0.121. The van der Waals surface area contributed by atoms with Crippen molar-refractivity contribution in [1.82, 2.24) is 16.0 Å². The van der Waals surface area contributed by atoms with Crippen LogP contribution in [0.5, 0.6) is 11.5 Å². The van der Waals surface area contributed by atoms with E-state index in [1.54, 1.807) is 14.2 Å². The van der Waals surface area contributed by atoms with Crippen LogP contribution in [-0.2, 0) is 11.2 Å². The molecule has 7 nitrogen and oxygen atoms in total. The quantitative estimate of drug-likeness (QED) is 0.312. The van der Waals surface area contributed by atoms with Crippen LogP contribution < -0.4 is 25.4 Å². The third-order valence-corrected chi connectivity index (χ3v) is 3.78. The molecule has 0 fully saturated rings. The van der Waals surface area contributed by atoms with E-state index >= 15 is 0 Å². The van der Waals surface area contributed by atoms with Crippen molar-refractivity contribution in [2.24, 2.45) is 4.99 Å². The Morgan fingerprint density at radius 2 is 1.93 bits per heavy atom. The zero-order valence-electron chi connectivity index (χ0n) is 17.2. The molecule has 27 heavy (non-hydrogen) atoms. The first-order chi connectivity index (χ1) is 13.0. The highest BCUT2D eigenvalue weighted by Crippen LogP contribution is 2.28. The Kier molecular flexibility index (Phi) is 10.7. The summed E-state index contributed by atoms with van der Waals surface area (Å²) in [6.45, 7) is 7.81. The first-order valence-corrected chi connectivity index (χ1v) is 9.53. The van der Waals surface area contributed by atoms with Crippen LogP contribution in [0.2, 0.25) is 0 Å². The van der Waals surface area contributed by atoms with Crippen molar-refractivity contribution < 1.29 is 14.3 Å². The molecule has 1 rings (SSSR count). The molecule has 0 unspecified atom stereocenters. The van der Waals surface area contributed by atoms with Gasteiger partial charge in [0.1, 0.15) is 0 Å². The van der Waals surface area contributed by atoms with Crippen LogP contribution in [0.1, 0.15) is 39.2 Å². The number of guanidine groups is 1. The van der Waals surface area contributed by atoms with Crippen molar-refractivity contribution in [2.75, 3.05) is 33.9 Å². The van der Waals surface area contributed by atoms with Gasteiger partial charge >= 0.3 is 0 Å².